The van der Waals surface area contributed by atoms with Gasteiger partial charge in [0, 0.05) is 6.54 Å². The third kappa shape index (κ3) is 2.66. The van der Waals surface area contributed by atoms with Crippen LogP contribution in [0.3, 0.4) is 0 Å². The number of phenols is 1. The number of hydrogen-bond acceptors (Lipinski definition) is 3. The molecule has 82 valence electrons. The van der Waals surface area contributed by atoms with Crippen molar-refractivity contribution in [1.82, 2.24) is 4.90 Å². The summed E-state index contributed by atoms with van der Waals surface area (Å²) in [4.78, 5) is 12.7. The first-order valence-corrected chi connectivity index (χ1v) is 4.37. The zero-order valence-electron chi connectivity index (χ0n) is 8.62. The third-order valence-electron chi connectivity index (χ3n) is 1.89. The lowest BCUT2D eigenvalue weighted by molar-refractivity contribution is 0.0996. The zero-order valence-corrected chi connectivity index (χ0v) is 8.62. The van der Waals surface area contributed by atoms with E-state index in [1.54, 1.807) is 0 Å². The molecule has 0 aliphatic heterocycles. The number of hydrogen-bond donors (Lipinski definition) is 2. The Morgan fingerprint density at radius 1 is 1.53 bits per heavy atom. The van der Waals surface area contributed by atoms with E-state index in [0.29, 0.717) is 12.1 Å². The standard InChI is InChI=1S/C10H13FN2O2/c1-13(2)5-6-3-7(10(12)15)9(14)8(11)4-6/h3-4,14H,5H2,1-2H3,(H2,12,15). The Morgan fingerprint density at radius 2 is 2.13 bits per heavy atom. The van der Waals surface area contributed by atoms with Crippen LogP contribution >= 0.6 is 0 Å². The van der Waals surface area contributed by atoms with Crippen molar-refractivity contribution in [1.29, 1.82) is 0 Å². The molecule has 1 aromatic carbocycles. The van der Waals surface area contributed by atoms with E-state index in [4.69, 9.17) is 5.73 Å². The van der Waals surface area contributed by atoms with Crippen LogP contribution in [0.25, 0.3) is 0 Å². The number of halogens is 1. The van der Waals surface area contributed by atoms with E-state index < -0.39 is 17.5 Å². The number of carbonyl (C=O) groups excluding carboxylic acids is 1. The molecule has 0 saturated carbocycles. The molecule has 0 atom stereocenters. The van der Waals surface area contributed by atoms with Gasteiger partial charge in [0.15, 0.2) is 11.6 Å². The van der Waals surface area contributed by atoms with Gasteiger partial charge in [-0.05, 0) is 31.8 Å². The van der Waals surface area contributed by atoms with Crippen LogP contribution in [0, 0.1) is 5.82 Å². The summed E-state index contributed by atoms with van der Waals surface area (Å²) >= 11 is 0. The van der Waals surface area contributed by atoms with E-state index in [1.807, 2.05) is 19.0 Å². The molecule has 3 N–H and O–H groups in total. The molecular weight excluding hydrogens is 199 g/mol. The number of nitrogens with two attached hydrogens (primary N) is 1. The maximum Gasteiger partial charge on any atom is 0.252 e. The number of primary amides is 1. The first-order valence-electron chi connectivity index (χ1n) is 4.37. The summed E-state index contributed by atoms with van der Waals surface area (Å²) in [7, 11) is 3.63. The molecule has 15 heavy (non-hydrogen) atoms. The van der Waals surface area contributed by atoms with Gasteiger partial charge in [0.1, 0.15) is 0 Å². The number of carbonyl (C=O) groups is 1. The topological polar surface area (TPSA) is 66.6 Å². The van der Waals surface area contributed by atoms with E-state index >= 15 is 0 Å². The minimum atomic E-state index is -0.841. The lowest BCUT2D eigenvalue weighted by Crippen LogP contribution is -2.15. The van der Waals surface area contributed by atoms with E-state index in [-0.39, 0.29) is 5.56 Å². The number of amides is 1. The summed E-state index contributed by atoms with van der Waals surface area (Å²) < 4.78 is 13.2. The molecule has 1 rings (SSSR count). The van der Waals surface area contributed by atoms with Crippen molar-refractivity contribution in [3.05, 3.63) is 29.1 Å². The Bertz CT molecular complexity index is 391. The zero-order chi connectivity index (χ0) is 11.6. The molecule has 0 fully saturated rings. The number of rotatable bonds is 3. The quantitative estimate of drug-likeness (QED) is 0.774. The SMILES string of the molecule is CN(C)Cc1cc(F)c(O)c(C(N)=O)c1. The molecule has 0 heterocycles. The Kier molecular flexibility index (Phi) is 3.26. The van der Waals surface area contributed by atoms with Crippen LogP contribution in [0.4, 0.5) is 4.39 Å². The molecular formula is C10H13FN2O2. The van der Waals surface area contributed by atoms with Crippen molar-refractivity contribution >= 4 is 5.91 Å². The molecule has 0 spiro atoms. The van der Waals surface area contributed by atoms with Crippen LogP contribution in [-0.2, 0) is 6.54 Å². The van der Waals surface area contributed by atoms with Gasteiger partial charge in [-0.1, -0.05) is 0 Å². The summed E-state index contributed by atoms with van der Waals surface area (Å²) in [6.45, 7) is 0.470. The highest BCUT2D eigenvalue weighted by molar-refractivity contribution is 5.95. The molecule has 0 aliphatic rings. The van der Waals surface area contributed by atoms with Crippen molar-refractivity contribution in [2.45, 2.75) is 6.54 Å². The highest BCUT2D eigenvalue weighted by atomic mass is 19.1. The molecule has 0 aromatic heterocycles. The lowest BCUT2D eigenvalue weighted by atomic mass is 10.1. The summed E-state index contributed by atoms with van der Waals surface area (Å²) in [5.74, 6) is -2.36. The second-order valence-corrected chi connectivity index (χ2v) is 3.58. The van der Waals surface area contributed by atoms with E-state index in [2.05, 4.69) is 0 Å². The minimum absolute atomic E-state index is 0.188. The molecule has 0 radical (unpaired) electrons. The van der Waals surface area contributed by atoms with Crippen molar-refractivity contribution in [3.63, 3.8) is 0 Å². The third-order valence-corrected chi connectivity index (χ3v) is 1.89. The average Bonchev–Trinajstić information content (AvgIpc) is 2.09. The van der Waals surface area contributed by atoms with Gasteiger partial charge in [0.25, 0.3) is 5.91 Å². The lowest BCUT2D eigenvalue weighted by Gasteiger charge is -2.11. The largest absolute Gasteiger partial charge is 0.504 e. The smallest absolute Gasteiger partial charge is 0.252 e. The fraction of sp³-hybridized carbons (Fsp3) is 0.300. The van der Waals surface area contributed by atoms with Crippen LogP contribution < -0.4 is 5.73 Å². The summed E-state index contributed by atoms with van der Waals surface area (Å²) in [5, 5.41) is 9.24. The van der Waals surface area contributed by atoms with Gasteiger partial charge in [-0.25, -0.2) is 4.39 Å². The van der Waals surface area contributed by atoms with Gasteiger partial charge in [-0.3, -0.25) is 4.79 Å². The Balaban J connectivity index is 3.17. The second-order valence-electron chi connectivity index (χ2n) is 3.58. The summed E-state index contributed by atoms with van der Waals surface area (Å²) in [5.41, 5.74) is 5.40. The first kappa shape index (κ1) is 11.5. The van der Waals surface area contributed by atoms with Gasteiger partial charge in [0.05, 0.1) is 5.56 Å². The van der Waals surface area contributed by atoms with Crippen molar-refractivity contribution in [3.8, 4) is 5.75 Å². The Labute approximate surface area is 87.1 Å². The Hall–Kier alpha value is -1.62. The number of aromatic hydroxyl groups is 1. The van der Waals surface area contributed by atoms with Crippen LogP contribution in [0.2, 0.25) is 0 Å². The number of benzene rings is 1. The normalized spacial score (nSPS) is 10.7. The molecule has 0 aliphatic carbocycles. The summed E-state index contributed by atoms with van der Waals surface area (Å²) in [6, 6.07) is 2.57. The van der Waals surface area contributed by atoms with Crippen molar-refractivity contribution in [2.24, 2.45) is 5.73 Å². The van der Waals surface area contributed by atoms with Crippen molar-refractivity contribution < 1.29 is 14.3 Å². The number of nitrogens with zero attached hydrogens (tertiary/aromatic N) is 1. The molecule has 0 unspecified atom stereocenters. The summed E-state index contributed by atoms with van der Waals surface area (Å²) in [6.07, 6.45) is 0. The molecule has 5 heteroatoms. The maximum absolute atomic E-state index is 13.2. The van der Waals surface area contributed by atoms with E-state index in [0.717, 1.165) is 0 Å². The average molecular weight is 212 g/mol. The van der Waals surface area contributed by atoms with Crippen LogP contribution in [0.15, 0.2) is 12.1 Å². The monoisotopic (exact) mass is 212 g/mol. The Morgan fingerprint density at radius 3 is 2.60 bits per heavy atom. The van der Waals surface area contributed by atoms with Gasteiger partial charge in [0.2, 0.25) is 0 Å². The fourth-order valence-corrected chi connectivity index (χ4v) is 1.30. The van der Waals surface area contributed by atoms with Crippen LogP contribution in [-0.4, -0.2) is 30.0 Å². The predicted molar refractivity (Wildman–Crippen MR) is 54.0 cm³/mol. The highest BCUT2D eigenvalue weighted by Gasteiger charge is 2.14. The fourth-order valence-electron chi connectivity index (χ4n) is 1.30. The van der Waals surface area contributed by atoms with Gasteiger partial charge < -0.3 is 15.7 Å². The van der Waals surface area contributed by atoms with Crippen LogP contribution in [0.5, 0.6) is 5.75 Å². The van der Waals surface area contributed by atoms with Gasteiger partial charge >= 0.3 is 0 Å². The van der Waals surface area contributed by atoms with Gasteiger partial charge in [-0.15, -0.1) is 0 Å². The van der Waals surface area contributed by atoms with E-state index in [9.17, 15) is 14.3 Å². The maximum atomic E-state index is 13.2. The second kappa shape index (κ2) is 4.27. The van der Waals surface area contributed by atoms with E-state index in [1.165, 1.54) is 12.1 Å². The van der Waals surface area contributed by atoms with Crippen LogP contribution in [0.1, 0.15) is 15.9 Å². The highest BCUT2D eigenvalue weighted by Crippen LogP contribution is 2.23. The molecule has 0 saturated heterocycles. The van der Waals surface area contributed by atoms with Crippen molar-refractivity contribution in [2.75, 3.05) is 14.1 Å². The first-order chi connectivity index (χ1) is 6.91. The molecule has 0 bridgehead atoms. The predicted octanol–water partition coefficient (Wildman–Crippen LogP) is 0.692. The molecule has 4 nitrogen and oxygen atoms in total. The molecule has 1 amide bonds. The van der Waals surface area contributed by atoms with Gasteiger partial charge in [-0.2, -0.15) is 0 Å². The molecule has 1 aromatic rings. The minimum Gasteiger partial charge on any atom is -0.504 e.